The van der Waals surface area contributed by atoms with Gasteiger partial charge >= 0.3 is 6.03 Å². The first-order valence-electron chi connectivity index (χ1n) is 6.31. The highest BCUT2D eigenvalue weighted by atomic mass is 35.5. The number of primary amides is 2. The van der Waals surface area contributed by atoms with Gasteiger partial charge in [-0.25, -0.2) is 4.79 Å². The minimum Gasteiger partial charge on any atom is -0.366 e. The molecule has 4 amide bonds. The van der Waals surface area contributed by atoms with Gasteiger partial charge in [-0.1, -0.05) is 24.9 Å². The number of nitrogens with one attached hydrogen (secondary N) is 2. The Balaban J connectivity index is 2.83. The van der Waals surface area contributed by atoms with Crippen LogP contribution in [-0.4, -0.2) is 23.9 Å². The monoisotopic (exact) mass is 312 g/mol. The van der Waals surface area contributed by atoms with E-state index in [2.05, 4.69) is 10.6 Å². The molecule has 0 bridgehead atoms. The normalized spacial score (nSPS) is 11.5. The van der Waals surface area contributed by atoms with Crippen LogP contribution in [0.5, 0.6) is 0 Å². The second kappa shape index (κ2) is 7.49. The molecule has 0 aliphatic heterocycles. The lowest BCUT2D eigenvalue weighted by Crippen LogP contribution is -2.46. The van der Waals surface area contributed by atoms with Crippen molar-refractivity contribution in [3.05, 3.63) is 28.8 Å². The molecule has 1 atom stereocenters. The van der Waals surface area contributed by atoms with E-state index in [4.69, 9.17) is 23.1 Å². The van der Waals surface area contributed by atoms with Gasteiger partial charge in [0.1, 0.15) is 6.04 Å². The molecule has 1 rings (SSSR count). The summed E-state index contributed by atoms with van der Waals surface area (Å²) in [5.41, 5.74) is 10.7. The zero-order valence-corrected chi connectivity index (χ0v) is 12.2. The van der Waals surface area contributed by atoms with E-state index in [1.54, 1.807) is 0 Å². The lowest BCUT2D eigenvalue weighted by Gasteiger charge is -2.16. The van der Waals surface area contributed by atoms with E-state index in [0.29, 0.717) is 18.5 Å². The van der Waals surface area contributed by atoms with Crippen LogP contribution in [0.25, 0.3) is 0 Å². The molecule has 0 radical (unpaired) electrons. The van der Waals surface area contributed by atoms with Crippen molar-refractivity contribution in [1.82, 2.24) is 5.32 Å². The molecule has 0 aliphatic rings. The third kappa shape index (κ3) is 4.96. The number of hydrogen-bond donors (Lipinski definition) is 4. The molecule has 1 aromatic rings. The Morgan fingerprint density at radius 2 is 1.95 bits per heavy atom. The Kier molecular flexibility index (Phi) is 5.98. The number of amides is 4. The van der Waals surface area contributed by atoms with E-state index in [-0.39, 0.29) is 10.6 Å². The summed E-state index contributed by atoms with van der Waals surface area (Å²) < 4.78 is 0. The van der Waals surface area contributed by atoms with Crippen molar-refractivity contribution in [2.24, 2.45) is 11.5 Å². The van der Waals surface area contributed by atoms with Gasteiger partial charge in [-0.2, -0.15) is 0 Å². The third-order valence-electron chi connectivity index (χ3n) is 2.71. The minimum atomic E-state index is -0.772. The maximum Gasteiger partial charge on any atom is 0.312 e. The molecule has 114 valence electrons. The number of carbonyl (C=O) groups is 3. The van der Waals surface area contributed by atoms with Crippen molar-refractivity contribution < 1.29 is 14.4 Å². The van der Waals surface area contributed by atoms with Crippen LogP contribution in [0.4, 0.5) is 10.5 Å². The van der Waals surface area contributed by atoms with Crippen LogP contribution >= 0.6 is 11.6 Å². The number of halogens is 1. The van der Waals surface area contributed by atoms with Gasteiger partial charge in [0, 0.05) is 5.69 Å². The maximum atomic E-state index is 12.1. The van der Waals surface area contributed by atoms with Crippen LogP contribution in [0.2, 0.25) is 5.02 Å². The molecule has 0 heterocycles. The van der Waals surface area contributed by atoms with E-state index in [9.17, 15) is 14.4 Å². The Hall–Kier alpha value is -2.28. The lowest BCUT2D eigenvalue weighted by molar-refractivity contribution is -0.118. The SMILES string of the molecule is CCCC(NC(N)=O)C(=O)Nc1ccc(C(N)=O)c(Cl)c1. The number of nitrogens with two attached hydrogens (primary N) is 2. The average Bonchev–Trinajstić information content (AvgIpc) is 2.37. The van der Waals surface area contributed by atoms with E-state index < -0.39 is 23.9 Å². The van der Waals surface area contributed by atoms with Crippen LogP contribution in [0.15, 0.2) is 18.2 Å². The summed E-state index contributed by atoms with van der Waals surface area (Å²) in [6.45, 7) is 1.88. The molecule has 0 spiro atoms. The predicted octanol–water partition coefficient (Wildman–Crippen LogP) is 1.21. The average molecular weight is 313 g/mol. The molecule has 0 saturated carbocycles. The maximum absolute atomic E-state index is 12.1. The zero-order valence-electron chi connectivity index (χ0n) is 11.5. The van der Waals surface area contributed by atoms with E-state index >= 15 is 0 Å². The minimum absolute atomic E-state index is 0.134. The van der Waals surface area contributed by atoms with Crippen LogP contribution in [-0.2, 0) is 4.79 Å². The van der Waals surface area contributed by atoms with Crippen molar-refractivity contribution in [2.45, 2.75) is 25.8 Å². The number of urea groups is 1. The van der Waals surface area contributed by atoms with Gasteiger partial charge in [-0.3, -0.25) is 9.59 Å². The molecular formula is C13H17ClN4O3. The molecule has 0 aliphatic carbocycles. The van der Waals surface area contributed by atoms with Crippen LogP contribution in [0.3, 0.4) is 0 Å². The summed E-state index contributed by atoms with van der Waals surface area (Å²) in [6.07, 6.45) is 1.14. The quantitative estimate of drug-likeness (QED) is 0.630. The van der Waals surface area contributed by atoms with Gasteiger partial charge in [-0.05, 0) is 24.6 Å². The fourth-order valence-corrected chi connectivity index (χ4v) is 2.02. The Morgan fingerprint density at radius 3 is 2.43 bits per heavy atom. The Labute approximate surface area is 127 Å². The van der Waals surface area contributed by atoms with E-state index in [1.807, 2.05) is 6.92 Å². The second-order valence-electron chi connectivity index (χ2n) is 4.40. The first-order valence-corrected chi connectivity index (χ1v) is 6.69. The molecule has 0 fully saturated rings. The Bertz CT molecular complexity index is 562. The van der Waals surface area contributed by atoms with Crippen molar-refractivity contribution in [3.8, 4) is 0 Å². The highest BCUT2D eigenvalue weighted by Crippen LogP contribution is 2.20. The third-order valence-corrected chi connectivity index (χ3v) is 3.03. The first kappa shape index (κ1) is 16.8. The number of anilines is 1. The number of carbonyl (C=O) groups excluding carboxylic acids is 3. The summed E-state index contributed by atoms with van der Waals surface area (Å²) in [5.74, 6) is -1.07. The summed E-state index contributed by atoms with van der Waals surface area (Å²) in [5, 5.41) is 5.09. The smallest absolute Gasteiger partial charge is 0.312 e. The molecule has 0 saturated heterocycles. The molecule has 1 aromatic carbocycles. The second-order valence-corrected chi connectivity index (χ2v) is 4.81. The highest BCUT2D eigenvalue weighted by Gasteiger charge is 2.19. The molecule has 8 heteroatoms. The summed E-state index contributed by atoms with van der Waals surface area (Å²) in [7, 11) is 0. The highest BCUT2D eigenvalue weighted by molar-refractivity contribution is 6.34. The van der Waals surface area contributed by atoms with Gasteiger partial charge in [0.05, 0.1) is 10.6 Å². The van der Waals surface area contributed by atoms with Crippen LogP contribution in [0, 0.1) is 0 Å². The number of rotatable bonds is 6. The van der Waals surface area contributed by atoms with Crippen molar-refractivity contribution >= 4 is 35.1 Å². The fourth-order valence-electron chi connectivity index (χ4n) is 1.75. The number of benzene rings is 1. The van der Waals surface area contributed by atoms with Gasteiger partial charge in [-0.15, -0.1) is 0 Å². The molecule has 6 N–H and O–H groups in total. The Morgan fingerprint density at radius 1 is 1.29 bits per heavy atom. The molecule has 7 nitrogen and oxygen atoms in total. The van der Waals surface area contributed by atoms with Crippen molar-refractivity contribution in [1.29, 1.82) is 0 Å². The molecule has 1 unspecified atom stereocenters. The summed E-state index contributed by atoms with van der Waals surface area (Å²) in [6, 6.07) is 2.81. The van der Waals surface area contributed by atoms with E-state index in [1.165, 1.54) is 18.2 Å². The molecule has 0 aromatic heterocycles. The first-order chi connectivity index (χ1) is 9.85. The van der Waals surface area contributed by atoms with Crippen molar-refractivity contribution in [2.75, 3.05) is 5.32 Å². The zero-order chi connectivity index (χ0) is 16.0. The van der Waals surface area contributed by atoms with Crippen molar-refractivity contribution in [3.63, 3.8) is 0 Å². The van der Waals surface area contributed by atoms with Gasteiger partial charge < -0.3 is 22.1 Å². The van der Waals surface area contributed by atoms with Crippen LogP contribution in [0.1, 0.15) is 30.1 Å². The summed E-state index contributed by atoms with van der Waals surface area (Å²) in [4.78, 5) is 34.0. The molecule has 21 heavy (non-hydrogen) atoms. The molecular weight excluding hydrogens is 296 g/mol. The summed E-state index contributed by atoms with van der Waals surface area (Å²) >= 11 is 5.89. The standard InChI is InChI=1S/C13H17ClN4O3/c1-2-3-10(18-13(16)21)12(20)17-7-4-5-8(11(15)19)9(14)6-7/h4-6,10H,2-3H2,1H3,(H2,15,19)(H,17,20)(H3,16,18,21). The number of hydrogen-bond acceptors (Lipinski definition) is 3. The lowest BCUT2D eigenvalue weighted by atomic mass is 10.1. The largest absolute Gasteiger partial charge is 0.366 e. The predicted molar refractivity (Wildman–Crippen MR) is 80.0 cm³/mol. The van der Waals surface area contributed by atoms with Gasteiger partial charge in [0.25, 0.3) is 0 Å². The van der Waals surface area contributed by atoms with Crippen LogP contribution < -0.4 is 22.1 Å². The fraction of sp³-hybridized carbons (Fsp3) is 0.308. The topological polar surface area (TPSA) is 127 Å². The van der Waals surface area contributed by atoms with Gasteiger partial charge in [0.2, 0.25) is 11.8 Å². The van der Waals surface area contributed by atoms with Gasteiger partial charge in [0.15, 0.2) is 0 Å². The van der Waals surface area contributed by atoms with E-state index in [0.717, 1.165) is 0 Å².